The third-order valence-electron chi connectivity index (χ3n) is 3.38. The topological polar surface area (TPSA) is 61.0 Å². The number of nitrogens with zero attached hydrogens (tertiary/aromatic N) is 2. The Morgan fingerprint density at radius 3 is 2.72 bits per heavy atom. The van der Waals surface area contributed by atoms with Crippen molar-refractivity contribution in [3.05, 3.63) is 22.2 Å². The largest absolute Gasteiger partial charge is 0.367 e. The van der Waals surface area contributed by atoms with E-state index in [4.69, 9.17) is 0 Å². The first kappa shape index (κ1) is 13.1. The van der Waals surface area contributed by atoms with Crippen molar-refractivity contribution in [3.8, 4) is 0 Å². The van der Waals surface area contributed by atoms with Gasteiger partial charge in [-0.1, -0.05) is 13.8 Å². The summed E-state index contributed by atoms with van der Waals surface area (Å²) in [5.74, 6) is 1.69. The van der Waals surface area contributed by atoms with E-state index in [1.807, 2.05) is 13.8 Å². The van der Waals surface area contributed by atoms with Crippen LogP contribution >= 0.6 is 0 Å². The van der Waals surface area contributed by atoms with Gasteiger partial charge in [0.2, 0.25) is 0 Å². The Hall–Kier alpha value is -1.36. The van der Waals surface area contributed by atoms with E-state index < -0.39 is 0 Å². The molecule has 2 rings (SSSR count). The number of hydrogen-bond donors (Lipinski definition) is 2. The van der Waals surface area contributed by atoms with Crippen molar-refractivity contribution in [1.82, 2.24) is 14.9 Å². The molecule has 0 spiro atoms. The van der Waals surface area contributed by atoms with Crippen LogP contribution in [0.4, 0.5) is 5.82 Å². The standard InChI is InChI=1S/C13H22N4O/c1-9(2)13-15-11(8-12(18)16-13)14-10-4-6-17(3)7-5-10/h8-10H,4-7H2,1-3H3,(H2,14,15,16,18). The highest BCUT2D eigenvalue weighted by Gasteiger charge is 2.17. The smallest absolute Gasteiger partial charge is 0.252 e. The third kappa shape index (κ3) is 3.32. The molecule has 1 aliphatic heterocycles. The minimum Gasteiger partial charge on any atom is -0.367 e. The van der Waals surface area contributed by atoms with Crippen LogP contribution in [0.3, 0.4) is 0 Å². The number of hydrogen-bond acceptors (Lipinski definition) is 4. The maximum atomic E-state index is 11.6. The predicted molar refractivity (Wildman–Crippen MR) is 73.1 cm³/mol. The molecule has 5 heteroatoms. The lowest BCUT2D eigenvalue weighted by molar-refractivity contribution is 0.263. The van der Waals surface area contributed by atoms with Crippen LogP contribution < -0.4 is 10.9 Å². The van der Waals surface area contributed by atoms with Gasteiger partial charge < -0.3 is 15.2 Å². The number of anilines is 1. The van der Waals surface area contributed by atoms with E-state index in [-0.39, 0.29) is 11.5 Å². The van der Waals surface area contributed by atoms with E-state index in [9.17, 15) is 4.79 Å². The lowest BCUT2D eigenvalue weighted by Crippen LogP contribution is -2.37. The highest BCUT2D eigenvalue weighted by Crippen LogP contribution is 2.14. The van der Waals surface area contributed by atoms with Gasteiger partial charge in [0, 0.05) is 18.0 Å². The van der Waals surface area contributed by atoms with Gasteiger partial charge >= 0.3 is 0 Å². The number of H-pyrrole nitrogens is 1. The van der Waals surface area contributed by atoms with E-state index >= 15 is 0 Å². The molecule has 1 saturated heterocycles. The number of aromatic amines is 1. The zero-order chi connectivity index (χ0) is 13.1. The molecule has 0 aromatic carbocycles. The van der Waals surface area contributed by atoms with Crippen molar-refractivity contribution in [2.24, 2.45) is 0 Å². The van der Waals surface area contributed by atoms with Gasteiger partial charge in [-0.25, -0.2) is 4.98 Å². The highest BCUT2D eigenvalue weighted by atomic mass is 16.1. The molecule has 2 N–H and O–H groups in total. The Bertz CT molecular complexity index is 447. The quantitative estimate of drug-likeness (QED) is 0.851. The summed E-state index contributed by atoms with van der Waals surface area (Å²) in [5, 5.41) is 3.38. The van der Waals surface area contributed by atoms with Crippen molar-refractivity contribution < 1.29 is 0 Å². The van der Waals surface area contributed by atoms with Gasteiger partial charge in [0.15, 0.2) is 0 Å². The van der Waals surface area contributed by atoms with Gasteiger partial charge in [-0.15, -0.1) is 0 Å². The minimum atomic E-state index is -0.0795. The van der Waals surface area contributed by atoms with Crippen molar-refractivity contribution in [2.45, 2.75) is 38.6 Å². The second kappa shape index (κ2) is 5.52. The molecule has 5 nitrogen and oxygen atoms in total. The lowest BCUT2D eigenvalue weighted by atomic mass is 10.1. The molecule has 0 unspecified atom stereocenters. The number of likely N-dealkylation sites (tertiary alicyclic amines) is 1. The monoisotopic (exact) mass is 250 g/mol. The Balaban J connectivity index is 2.07. The molecule has 0 amide bonds. The van der Waals surface area contributed by atoms with E-state index in [2.05, 4.69) is 27.2 Å². The maximum Gasteiger partial charge on any atom is 0.252 e. The molecule has 0 bridgehead atoms. The molecule has 2 heterocycles. The summed E-state index contributed by atoms with van der Waals surface area (Å²) in [6.07, 6.45) is 2.20. The van der Waals surface area contributed by atoms with Crippen LogP contribution in [-0.2, 0) is 0 Å². The van der Waals surface area contributed by atoms with E-state index in [1.54, 1.807) is 6.07 Å². The molecular formula is C13H22N4O. The molecule has 18 heavy (non-hydrogen) atoms. The fourth-order valence-electron chi connectivity index (χ4n) is 2.19. The van der Waals surface area contributed by atoms with Gasteiger partial charge in [-0.05, 0) is 33.0 Å². The number of aromatic nitrogens is 2. The molecule has 100 valence electrons. The highest BCUT2D eigenvalue weighted by molar-refractivity contribution is 5.34. The fraction of sp³-hybridized carbons (Fsp3) is 0.692. The van der Waals surface area contributed by atoms with Gasteiger partial charge in [0.05, 0.1) is 0 Å². The summed E-state index contributed by atoms with van der Waals surface area (Å²) in [4.78, 5) is 21.1. The first-order valence-corrected chi connectivity index (χ1v) is 6.61. The molecule has 1 aromatic heterocycles. The molecule has 0 radical (unpaired) electrons. The van der Waals surface area contributed by atoms with E-state index in [0.29, 0.717) is 11.9 Å². The maximum absolute atomic E-state index is 11.6. The Labute approximate surface area is 108 Å². The van der Waals surface area contributed by atoms with Crippen LogP contribution in [0.5, 0.6) is 0 Å². The first-order chi connectivity index (χ1) is 8.54. The first-order valence-electron chi connectivity index (χ1n) is 6.61. The van der Waals surface area contributed by atoms with Crippen LogP contribution in [0, 0.1) is 0 Å². The summed E-state index contributed by atoms with van der Waals surface area (Å²) in [5.41, 5.74) is -0.0795. The summed E-state index contributed by atoms with van der Waals surface area (Å²) in [7, 11) is 2.14. The Kier molecular flexibility index (Phi) is 4.01. The van der Waals surface area contributed by atoms with Crippen LogP contribution in [0.2, 0.25) is 0 Å². The van der Waals surface area contributed by atoms with Gasteiger partial charge in [0.25, 0.3) is 5.56 Å². The van der Waals surface area contributed by atoms with Crippen LogP contribution in [0.15, 0.2) is 10.9 Å². The van der Waals surface area contributed by atoms with Gasteiger partial charge in [-0.2, -0.15) is 0 Å². The Morgan fingerprint density at radius 2 is 2.11 bits per heavy atom. The zero-order valence-electron chi connectivity index (χ0n) is 11.4. The third-order valence-corrected chi connectivity index (χ3v) is 3.38. The van der Waals surface area contributed by atoms with Crippen LogP contribution in [0.1, 0.15) is 38.4 Å². The second-order valence-electron chi connectivity index (χ2n) is 5.39. The zero-order valence-corrected chi connectivity index (χ0v) is 11.4. The van der Waals surface area contributed by atoms with Gasteiger partial charge in [-0.3, -0.25) is 4.79 Å². The molecule has 0 aliphatic carbocycles. The average molecular weight is 250 g/mol. The summed E-state index contributed by atoms with van der Waals surface area (Å²) in [6.45, 7) is 6.24. The molecule has 1 fully saturated rings. The summed E-state index contributed by atoms with van der Waals surface area (Å²) >= 11 is 0. The molecule has 0 atom stereocenters. The SMILES string of the molecule is CC(C)c1nc(NC2CCN(C)CC2)cc(=O)[nH]1. The lowest BCUT2D eigenvalue weighted by Gasteiger charge is -2.29. The van der Waals surface area contributed by atoms with Crippen molar-refractivity contribution in [2.75, 3.05) is 25.5 Å². The minimum absolute atomic E-state index is 0.0795. The number of piperidine rings is 1. The number of nitrogens with one attached hydrogen (secondary N) is 2. The molecule has 1 aromatic rings. The average Bonchev–Trinajstić information content (AvgIpc) is 2.31. The van der Waals surface area contributed by atoms with Gasteiger partial charge in [0.1, 0.15) is 11.6 Å². The Morgan fingerprint density at radius 1 is 1.44 bits per heavy atom. The van der Waals surface area contributed by atoms with Crippen LogP contribution in [-0.4, -0.2) is 41.0 Å². The molecule has 1 aliphatic rings. The van der Waals surface area contributed by atoms with Crippen molar-refractivity contribution in [1.29, 1.82) is 0 Å². The second-order valence-corrected chi connectivity index (χ2v) is 5.39. The normalized spacial score (nSPS) is 18.2. The van der Waals surface area contributed by atoms with Crippen molar-refractivity contribution in [3.63, 3.8) is 0 Å². The molecule has 0 saturated carbocycles. The molecular weight excluding hydrogens is 228 g/mol. The van der Waals surface area contributed by atoms with E-state index in [0.717, 1.165) is 31.8 Å². The van der Waals surface area contributed by atoms with Crippen LogP contribution in [0.25, 0.3) is 0 Å². The number of rotatable bonds is 3. The van der Waals surface area contributed by atoms with Crippen molar-refractivity contribution >= 4 is 5.82 Å². The summed E-state index contributed by atoms with van der Waals surface area (Å²) < 4.78 is 0. The van der Waals surface area contributed by atoms with E-state index in [1.165, 1.54) is 0 Å². The summed E-state index contributed by atoms with van der Waals surface area (Å²) in [6, 6.07) is 1.97. The fourth-order valence-corrected chi connectivity index (χ4v) is 2.19. The predicted octanol–water partition coefficient (Wildman–Crippen LogP) is 1.40.